The molecule has 5 nitrogen and oxygen atoms in total. The topological polar surface area (TPSA) is 88.5 Å². The van der Waals surface area contributed by atoms with Gasteiger partial charge in [0.05, 0.1) is 15.5 Å². The molecule has 262 valence electrons. The third-order valence-electron chi connectivity index (χ3n) is 9.21. The van der Waals surface area contributed by atoms with E-state index in [2.05, 4.69) is 13.8 Å². The van der Waals surface area contributed by atoms with Crippen molar-refractivity contribution in [1.82, 2.24) is 0 Å². The van der Waals surface area contributed by atoms with Gasteiger partial charge in [0.25, 0.3) is 0 Å². The van der Waals surface area contributed by atoms with E-state index in [9.17, 15) is 21.9 Å². The first-order valence-electron chi connectivity index (χ1n) is 18.4. The van der Waals surface area contributed by atoms with E-state index in [1.165, 1.54) is 96.0 Å². The van der Waals surface area contributed by atoms with Crippen molar-refractivity contribution in [1.29, 1.82) is 0 Å². The fourth-order valence-corrected chi connectivity index (χ4v) is 10.4. The molecule has 0 saturated carbocycles. The summed E-state index contributed by atoms with van der Waals surface area (Å²) in [5.74, 6) is -0.885. The molecular weight excluding hydrogens is 613 g/mol. The average Bonchev–Trinajstić information content (AvgIpc) is 3.02. The Morgan fingerprint density at radius 2 is 0.826 bits per heavy atom. The highest BCUT2D eigenvalue weighted by atomic mass is 32.2. The van der Waals surface area contributed by atoms with Gasteiger partial charge in [-0.2, -0.15) is 0 Å². The lowest BCUT2D eigenvalue weighted by molar-refractivity contribution is 0.167. The first-order valence-corrected chi connectivity index (χ1v) is 21.6. The van der Waals surface area contributed by atoms with Gasteiger partial charge in [0, 0.05) is 0 Å². The zero-order chi connectivity index (χ0) is 33.7. The molecule has 1 N–H and O–H groups in total. The largest absolute Gasteiger partial charge is 0.373 e. The van der Waals surface area contributed by atoms with Gasteiger partial charge >= 0.3 is 0 Å². The minimum absolute atomic E-state index is 0.0322. The number of benzene rings is 2. The Labute approximate surface area is 282 Å². The lowest BCUT2D eigenvalue weighted by Crippen LogP contribution is -2.42. The molecule has 0 aromatic heterocycles. The predicted molar refractivity (Wildman–Crippen MR) is 194 cm³/mol. The summed E-state index contributed by atoms with van der Waals surface area (Å²) in [6.07, 6.45) is 25.1. The molecule has 0 bridgehead atoms. The molecule has 0 aliphatic carbocycles. The number of aliphatic hydroxyl groups is 1. The number of hydrogen-bond donors (Lipinski definition) is 1. The van der Waals surface area contributed by atoms with Gasteiger partial charge in [-0.05, 0) is 55.9 Å². The van der Waals surface area contributed by atoms with Crippen LogP contribution in [0.1, 0.15) is 160 Å². The first kappa shape index (κ1) is 40.5. The lowest BCUT2D eigenvalue weighted by Gasteiger charge is -2.25. The van der Waals surface area contributed by atoms with E-state index in [1.807, 2.05) is 12.1 Å². The van der Waals surface area contributed by atoms with Crippen molar-refractivity contribution < 1.29 is 21.9 Å². The van der Waals surface area contributed by atoms with Crippen LogP contribution in [0, 0.1) is 0 Å². The molecule has 1 unspecified atom stereocenters. The van der Waals surface area contributed by atoms with Gasteiger partial charge in [-0.25, -0.2) is 16.8 Å². The summed E-state index contributed by atoms with van der Waals surface area (Å²) in [6.45, 7) is 5.59. The van der Waals surface area contributed by atoms with Gasteiger partial charge < -0.3 is 5.11 Å². The molecule has 46 heavy (non-hydrogen) atoms. The van der Waals surface area contributed by atoms with Gasteiger partial charge in [0.1, 0.15) is 0 Å². The Balaban J connectivity index is 1.95. The van der Waals surface area contributed by atoms with Crippen LogP contribution in [-0.2, 0) is 32.5 Å². The van der Waals surface area contributed by atoms with E-state index in [0.29, 0.717) is 24.0 Å². The maximum Gasteiger partial charge on any atom is 0.208 e. The second-order valence-electron chi connectivity index (χ2n) is 13.5. The maximum atomic E-state index is 13.8. The molecule has 2 rings (SSSR count). The van der Waals surface area contributed by atoms with E-state index in [1.54, 1.807) is 30.3 Å². The molecule has 0 fully saturated rings. The number of rotatable bonds is 27. The zero-order valence-electron chi connectivity index (χ0n) is 29.3. The smallest absolute Gasteiger partial charge is 0.208 e. The number of sulfone groups is 2. The summed E-state index contributed by atoms with van der Waals surface area (Å²) in [4.78, 5) is -2.31. The molecule has 1 atom stereocenters. The third kappa shape index (κ3) is 14.2. The van der Waals surface area contributed by atoms with Crippen molar-refractivity contribution in [2.75, 3.05) is 5.75 Å². The fraction of sp³-hybridized carbons (Fsp3) is 0.692. The highest BCUT2D eigenvalue weighted by Gasteiger charge is 2.44. The summed E-state index contributed by atoms with van der Waals surface area (Å²) in [5.41, 5.74) is 1.33. The van der Waals surface area contributed by atoms with Crippen LogP contribution in [-0.4, -0.2) is 32.6 Å². The zero-order valence-corrected chi connectivity index (χ0v) is 30.9. The predicted octanol–water partition coefficient (Wildman–Crippen LogP) is 10.6. The van der Waals surface area contributed by atoms with E-state index >= 15 is 0 Å². The van der Waals surface area contributed by atoms with Crippen molar-refractivity contribution in [2.24, 2.45) is 0 Å². The van der Waals surface area contributed by atoms with Gasteiger partial charge in [-0.3, -0.25) is 0 Å². The van der Waals surface area contributed by atoms with Crippen molar-refractivity contribution in [2.45, 2.75) is 177 Å². The van der Waals surface area contributed by atoms with Crippen LogP contribution in [0.15, 0.2) is 58.3 Å². The molecule has 0 spiro atoms. The quantitative estimate of drug-likeness (QED) is 0.0951. The molecule has 0 amide bonds. The Kier molecular flexibility index (Phi) is 19.4. The second-order valence-corrected chi connectivity index (χ2v) is 17.8. The summed E-state index contributed by atoms with van der Waals surface area (Å²) in [5, 5.41) is 11.4. The van der Waals surface area contributed by atoms with Crippen LogP contribution < -0.4 is 0 Å². The van der Waals surface area contributed by atoms with Crippen molar-refractivity contribution in [3.05, 3.63) is 59.7 Å². The SMILES string of the molecule is CCCCCCCCCCCCc1ccccc1S(=O)(=O)CC(C)(O)S(=O)(=O)c1ccccc1CCCCCCCCCCCC. The summed E-state index contributed by atoms with van der Waals surface area (Å²) < 4.78 is 54.9. The second kappa shape index (κ2) is 22.0. The molecule has 0 aliphatic heterocycles. The molecule has 0 heterocycles. The minimum atomic E-state index is -4.35. The number of aryl methyl sites for hydroxylation is 2. The fourth-order valence-electron chi connectivity index (χ4n) is 6.34. The maximum absolute atomic E-state index is 13.8. The van der Waals surface area contributed by atoms with Crippen molar-refractivity contribution >= 4 is 19.7 Å². The van der Waals surface area contributed by atoms with Crippen molar-refractivity contribution in [3.8, 4) is 0 Å². The van der Waals surface area contributed by atoms with E-state index < -0.39 is 30.4 Å². The molecule has 7 heteroatoms. The van der Waals surface area contributed by atoms with Crippen LogP contribution >= 0.6 is 0 Å². The highest BCUT2D eigenvalue weighted by molar-refractivity contribution is 7.96. The van der Waals surface area contributed by atoms with Crippen LogP contribution in [0.25, 0.3) is 0 Å². The number of hydrogen-bond acceptors (Lipinski definition) is 5. The van der Waals surface area contributed by atoms with E-state index in [4.69, 9.17) is 0 Å². The van der Waals surface area contributed by atoms with E-state index in [0.717, 1.165) is 45.4 Å². The van der Waals surface area contributed by atoms with Crippen LogP contribution in [0.2, 0.25) is 0 Å². The Morgan fingerprint density at radius 3 is 1.24 bits per heavy atom. The average molecular weight is 677 g/mol. The van der Waals surface area contributed by atoms with Gasteiger partial charge in [0.2, 0.25) is 9.84 Å². The molecular formula is C39H64O5S2. The summed E-state index contributed by atoms with van der Waals surface area (Å²) in [6, 6.07) is 13.6. The Morgan fingerprint density at radius 1 is 0.500 bits per heavy atom. The van der Waals surface area contributed by atoms with Crippen LogP contribution in [0.3, 0.4) is 0 Å². The molecule has 0 aliphatic rings. The summed E-state index contributed by atoms with van der Waals surface area (Å²) >= 11 is 0. The monoisotopic (exact) mass is 676 g/mol. The number of unbranched alkanes of at least 4 members (excludes halogenated alkanes) is 18. The Hall–Kier alpha value is -1.70. The minimum Gasteiger partial charge on any atom is -0.373 e. The highest BCUT2D eigenvalue weighted by Crippen LogP contribution is 2.31. The molecule has 2 aromatic carbocycles. The van der Waals surface area contributed by atoms with Gasteiger partial charge in [-0.15, -0.1) is 0 Å². The van der Waals surface area contributed by atoms with Gasteiger partial charge in [-0.1, -0.05) is 166 Å². The molecule has 2 aromatic rings. The Bertz CT molecular complexity index is 1320. The van der Waals surface area contributed by atoms with Crippen molar-refractivity contribution in [3.63, 3.8) is 0 Å². The third-order valence-corrected chi connectivity index (χ3v) is 13.7. The van der Waals surface area contributed by atoms with Gasteiger partial charge in [0.15, 0.2) is 14.8 Å². The van der Waals surface area contributed by atoms with E-state index in [-0.39, 0.29) is 9.79 Å². The lowest BCUT2D eigenvalue weighted by atomic mass is 10.0. The normalized spacial score (nSPS) is 13.6. The van der Waals surface area contributed by atoms with Crippen LogP contribution in [0.4, 0.5) is 0 Å². The molecule has 0 radical (unpaired) electrons. The summed E-state index contributed by atoms with van der Waals surface area (Å²) in [7, 11) is -8.43. The first-order chi connectivity index (χ1) is 22.1. The van der Waals surface area contributed by atoms with Crippen LogP contribution in [0.5, 0.6) is 0 Å². The molecule has 0 saturated heterocycles. The standard InChI is InChI=1S/C39H64O5S2/c1-4-6-8-10-12-14-16-18-20-22-28-35-30-24-26-32-37(35)45(41,42)34-39(3,40)46(43,44)38-33-27-25-31-36(38)29-23-21-19-17-15-13-11-9-7-5-2/h24-27,30-33,40H,4-23,28-29,34H2,1-3H3.